The van der Waals surface area contributed by atoms with E-state index in [0.717, 1.165) is 0 Å². The summed E-state index contributed by atoms with van der Waals surface area (Å²) in [5.41, 5.74) is 0.481. The Labute approximate surface area is 98.6 Å². The van der Waals surface area contributed by atoms with Gasteiger partial charge in [0.25, 0.3) is 0 Å². The molecule has 0 aliphatic heterocycles. The van der Waals surface area contributed by atoms with Crippen LogP contribution in [0.1, 0.15) is 5.56 Å². The fourth-order valence-electron chi connectivity index (χ4n) is 1.41. The lowest BCUT2D eigenvalue weighted by atomic mass is 10.2. The Morgan fingerprint density at radius 1 is 1.35 bits per heavy atom. The van der Waals surface area contributed by atoms with Crippen LogP contribution in [-0.4, -0.2) is 16.9 Å². The minimum Gasteiger partial charge on any atom is -0.497 e. The number of benzene rings is 1. The fraction of sp³-hybridized carbons (Fsp3) is 0.250. The lowest BCUT2D eigenvalue weighted by molar-refractivity contribution is 0.299. The zero-order valence-corrected chi connectivity index (χ0v) is 9.68. The van der Waals surface area contributed by atoms with Gasteiger partial charge in [-0.05, 0) is 12.1 Å². The van der Waals surface area contributed by atoms with Gasteiger partial charge in [-0.15, -0.1) is 0 Å². The Morgan fingerprint density at radius 3 is 2.76 bits per heavy atom. The monoisotopic (exact) mass is 236 g/mol. The predicted octanol–water partition coefficient (Wildman–Crippen LogP) is 2.15. The molecular weight excluding hydrogens is 223 g/mol. The van der Waals surface area contributed by atoms with Crippen LogP contribution in [0.4, 0.5) is 4.39 Å². The van der Waals surface area contributed by atoms with E-state index in [4.69, 9.17) is 9.47 Å². The third-order valence-corrected chi connectivity index (χ3v) is 2.34. The van der Waals surface area contributed by atoms with Gasteiger partial charge in [-0.3, -0.25) is 4.68 Å². The van der Waals surface area contributed by atoms with Crippen molar-refractivity contribution in [2.75, 3.05) is 7.11 Å². The topological polar surface area (TPSA) is 36.3 Å². The largest absolute Gasteiger partial charge is 0.497 e. The van der Waals surface area contributed by atoms with E-state index in [-0.39, 0.29) is 12.4 Å². The second kappa shape index (κ2) is 4.86. The van der Waals surface area contributed by atoms with Gasteiger partial charge in [-0.25, -0.2) is 4.39 Å². The molecule has 0 saturated heterocycles. The van der Waals surface area contributed by atoms with E-state index in [2.05, 4.69) is 5.10 Å². The van der Waals surface area contributed by atoms with Crippen molar-refractivity contribution in [3.63, 3.8) is 0 Å². The minimum atomic E-state index is -0.340. The molecule has 0 saturated carbocycles. The molecule has 5 heteroatoms. The van der Waals surface area contributed by atoms with Gasteiger partial charge >= 0.3 is 0 Å². The van der Waals surface area contributed by atoms with Crippen LogP contribution in [0.5, 0.6) is 11.5 Å². The van der Waals surface area contributed by atoms with E-state index in [1.165, 1.54) is 13.2 Å². The lowest BCUT2D eigenvalue weighted by Gasteiger charge is -2.06. The Bertz CT molecular complexity index is 511. The van der Waals surface area contributed by atoms with Gasteiger partial charge in [-0.2, -0.15) is 5.10 Å². The number of methoxy groups -OCH3 is 1. The van der Waals surface area contributed by atoms with Gasteiger partial charge < -0.3 is 9.47 Å². The molecule has 0 amide bonds. The number of nitrogens with zero attached hydrogens (tertiary/aromatic N) is 2. The molecule has 0 fully saturated rings. The number of hydrogen-bond donors (Lipinski definition) is 0. The molecule has 4 nitrogen and oxygen atoms in total. The zero-order valence-electron chi connectivity index (χ0n) is 9.68. The molecule has 0 aliphatic rings. The van der Waals surface area contributed by atoms with Gasteiger partial charge in [-0.1, -0.05) is 0 Å². The third kappa shape index (κ3) is 2.75. The summed E-state index contributed by atoms with van der Waals surface area (Å²) in [4.78, 5) is 0. The number of aryl methyl sites for hydroxylation is 1. The number of halogens is 1. The maximum atomic E-state index is 13.6. The first-order valence-corrected chi connectivity index (χ1v) is 5.13. The second-order valence-corrected chi connectivity index (χ2v) is 3.60. The molecule has 0 N–H and O–H groups in total. The molecule has 0 unspecified atom stereocenters. The van der Waals surface area contributed by atoms with E-state index >= 15 is 0 Å². The molecule has 1 aromatic heterocycles. The molecule has 0 aliphatic carbocycles. The Kier molecular flexibility index (Phi) is 3.27. The van der Waals surface area contributed by atoms with Crippen molar-refractivity contribution in [2.45, 2.75) is 6.61 Å². The summed E-state index contributed by atoms with van der Waals surface area (Å²) in [5.74, 6) is 0.767. The summed E-state index contributed by atoms with van der Waals surface area (Å²) in [6.07, 6.45) is 3.31. The van der Waals surface area contributed by atoms with Crippen LogP contribution in [0, 0.1) is 5.82 Å². The van der Waals surface area contributed by atoms with Crippen LogP contribution >= 0.6 is 0 Å². The highest BCUT2D eigenvalue weighted by atomic mass is 19.1. The molecule has 2 aromatic rings. The summed E-state index contributed by atoms with van der Waals surface area (Å²) in [6.45, 7) is 0.168. The highest BCUT2D eigenvalue weighted by molar-refractivity contribution is 5.28. The number of aromatic nitrogens is 2. The number of hydrogen-bond acceptors (Lipinski definition) is 3. The maximum Gasteiger partial charge on any atom is 0.157 e. The van der Waals surface area contributed by atoms with Crippen LogP contribution in [0.15, 0.2) is 30.6 Å². The van der Waals surface area contributed by atoms with E-state index in [9.17, 15) is 4.39 Å². The Hall–Kier alpha value is -2.04. The molecule has 0 bridgehead atoms. The molecule has 1 aromatic carbocycles. The quantitative estimate of drug-likeness (QED) is 0.816. The first-order chi connectivity index (χ1) is 8.19. The van der Waals surface area contributed by atoms with Crippen molar-refractivity contribution in [3.05, 3.63) is 42.0 Å². The molecule has 17 heavy (non-hydrogen) atoms. The number of ether oxygens (including phenoxy) is 2. The average molecular weight is 236 g/mol. The first kappa shape index (κ1) is 11.4. The molecule has 0 radical (unpaired) electrons. The highest BCUT2D eigenvalue weighted by Gasteiger charge is 2.05. The first-order valence-electron chi connectivity index (χ1n) is 5.13. The third-order valence-electron chi connectivity index (χ3n) is 2.34. The van der Waals surface area contributed by atoms with E-state index in [1.807, 2.05) is 0 Å². The Morgan fingerprint density at radius 2 is 2.18 bits per heavy atom. The van der Waals surface area contributed by atoms with Crippen molar-refractivity contribution in [3.8, 4) is 11.5 Å². The van der Waals surface area contributed by atoms with E-state index < -0.39 is 0 Å². The normalized spacial score (nSPS) is 10.3. The molecule has 0 atom stereocenters. The molecule has 90 valence electrons. The zero-order chi connectivity index (χ0) is 12.3. The van der Waals surface area contributed by atoms with Crippen LogP contribution in [0.3, 0.4) is 0 Å². The van der Waals surface area contributed by atoms with Crippen LogP contribution in [0.2, 0.25) is 0 Å². The molecule has 1 heterocycles. The Balaban J connectivity index is 2.04. The molecule has 0 spiro atoms. The fourth-order valence-corrected chi connectivity index (χ4v) is 1.41. The van der Waals surface area contributed by atoms with Gasteiger partial charge in [0, 0.05) is 18.7 Å². The standard InChI is InChI=1S/C12H13FN2O2/c1-15-7-11(6-14-15)17-8-9-3-4-10(16-2)5-12(9)13/h3-7H,8H2,1-2H3. The smallest absolute Gasteiger partial charge is 0.157 e. The van der Waals surface area contributed by atoms with Crippen molar-refractivity contribution >= 4 is 0 Å². The van der Waals surface area contributed by atoms with Crippen molar-refractivity contribution in [1.82, 2.24) is 9.78 Å². The van der Waals surface area contributed by atoms with Crippen molar-refractivity contribution in [2.24, 2.45) is 7.05 Å². The average Bonchev–Trinajstić information content (AvgIpc) is 2.73. The SMILES string of the molecule is COc1ccc(COc2cnn(C)c2)c(F)c1. The van der Waals surface area contributed by atoms with Gasteiger partial charge in [0.15, 0.2) is 5.75 Å². The van der Waals surface area contributed by atoms with Gasteiger partial charge in [0.1, 0.15) is 18.2 Å². The van der Waals surface area contributed by atoms with Crippen LogP contribution in [0.25, 0.3) is 0 Å². The highest BCUT2D eigenvalue weighted by Crippen LogP contribution is 2.18. The van der Waals surface area contributed by atoms with Gasteiger partial charge in [0.05, 0.1) is 19.5 Å². The van der Waals surface area contributed by atoms with Gasteiger partial charge in [0.2, 0.25) is 0 Å². The summed E-state index contributed by atoms with van der Waals surface area (Å²) < 4.78 is 25.5. The van der Waals surface area contributed by atoms with E-state index in [1.54, 1.807) is 36.3 Å². The summed E-state index contributed by atoms with van der Waals surface area (Å²) >= 11 is 0. The lowest BCUT2D eigenvalue weighted by Crippen LogP contribution is -1.98. The summed E-state index contributed by atoms with van der Waals surface area (Å²) in [7, 11) is 3.29. The molecular formula is C12H13FN2O2. The maximum absolute atomic E-state index is 13.6. The predicted molar refractivity (Wildman–Crippen MR) is 60.5 cm³/mol. The summed E-state index contributed by atoms with van der Waals surface area (Å²) in [6, 6.07) is 4.68. The van der Waals surface area contributed by atoms with E-state index in [0.29, 0.717) is 17.1 Å². The van der Waals surface area contributed by atoms with Crippen molar-refractivity contribution < 1.29 is 13.9 Å². The van der Waals surface area contributed by atoms with Crippen molar-refractivity contribution in [1.29, 1.82) is 0 Å². The minimum absolute atomic E-state index is 0.168. The molecule has 2 rings (SSSR count). The summed E-state index contributed by atoms with van der Waals surface area (Å²) in [5, 5.41) is 3.96. The number of rotatable bonds is 4. The van der Waals surface area contributed by atoms with Crippen LogP contribution < -0.4 is 9.47 Å². The van der Waals surface area contributed by atoms with Crippen LogP contribution in [-0.2, 0) is 13.7 Å². The second-order valence-electron chi connectivity index (χ2n) is 3.60.